The van der Waals surface area contributed by atoms with Crippen LogP contribution in [0.2, 0.25) is 0 Å². The van der Waals surface area contributed by atoms with Gasteiger partial charge < -0.3 is 9.84 Å². The van der Waals surface area contributed by atoms with Crippen LogP contribution < -0.4 is 4.74 Å². The van der Waals surface area contributed by atoms with Gasteiger partial charge in [0.25, 0.3) is 0 Å². The Morgan fingerprint density at radius 2 is 1.78 bits per heavy atom. The molecule has 0 saturated carbocycles. The number of hydrogen-bond donors (Lipinski definition) is 1. The lowest BCUT2D eigenvalue weighted by atomic mass is 10.2. The Kier molecular flexibility index (Phi) is 4.30. The van der Waals surface area contributed by atoms with Gasteiger partial charge in [0.1, 0.15) is 9.26 Å². The van der Waals surface area contributed by atoms with E-state index in [1.807, 2.05) is 0 Å². The maximum absolute atomic E-state index is 12.5. The highest BCUT2D eigenvalue weighted by molar-refractivity contribution is 14.1. The quantitative estimate of drug-likeness (QED) is 0.482. The van der Waals surface area contributed by atoms with E-state index in [1.165, 1.54) is 22.6 Å². The molecule has 0 unspecified atom stereocenters. The molecule has 0 atom stereocenters. The van der Waals surface area contributed by atoms with Gasteiger partial charge in [-0.15, -0.1) is 13.2 Å². The van der Waals surface area contributed by atoms with Crippen molar-refractivity contribution in [3.05, 3.63) is 20.9 Å². The molecule has 102 valence electrons. The zero-order valence-corrected chi connectivity index (χ0v) is 10.4. The molecule has 1 aromatic heterocycles. The zero-order chi connectivity index (χ0) is 14.1. The van der Waals surface area contributed by atoms with Gasteiger partial charge in [-0.2, -0.15) is 13.2 Å². The van der Waals surface area contributed by atoms with Crippen LogP contribution in [-0.4, -0.2) is 16.5 Å². The normalized spacial score (nSPS) is 12.7. The van der Waals surface area contributed by atoms with Gasteiger partial charge in [0, 0.05) is 5.56 Å². The van der Waals surface area contributed by atoms with E-state index in [0.717, 1.165) is 0 Å². The van der Waals surface area contributed by atoms with E-state index < -0.39 is 30.6 Å². The summed E-state index contributed by atoms with van der Waals surface area (Å²) >= 11 is 1.40. The van der Waals surface area contributed by atoms with Crippen LogP contribution in [0.15, 0.2) is 6.07 Å². The zero-order valence-electron chi connectivity index (χ0n) is 8.23. The number of alkyl halides is 6. The highest BCUT2D eigenvalue weighted by atomic mass is 127. The van der Waals surface area contributed by atoms with Crippen molar-refractivity contribution in [1.29, 1.82) is 0 Å². The van der Waals surface area contributed by atoms with Gasteiger partial charge in [0.15, 0.2) is 0 Å². The highest BCUT2D eigenvalue weighted by Crippen LogP contribution is 2.38. The summed E-state index contributed by atoms with van der Waals surface area (Å²) in [5, 5.41) is 8.76. The molecule has 0 aromatic carbocycles. The first kappa shape index (κ1) is 15.3. The van der Waals surface area contributed by atoms with Crippen LogP contribution in [0, 0.1) is 3.70 Å². The molecule has 0 aliphatic rings. The van der Waals surface area contributed by atoms with Crippen molar-refractivity contribution in [3.63, 3.8) is 0 Å². The molecule has 1 rings (SSSR count). The van der Waals surface area contributed by atoms with Crippen molar-refractivity contribution in [2.24, 2.45) is 0 Å². The predicted octanol–water partition coefficient (Wildman–Crippen LogP) is 3.10. The van der Waals surface area contributed by atoms with E-state index >= 15 is 0 Å². The van der Waals surface area contributed by atoms with Crippen LogP contribution in [0.1, 0.15) is 11.1 Å². The minimum Gasteiger partial charge on any atom is -0.392 e. The predicted molar refractivity (Wildman–Crippen MR) is 54.6 cm³/mol. The number of hydrogen-bond acceptors (Lipinski definition) is 3. The molecule has 18 heavy (non-hydrogen) atoms. The first-order valence-corrected chi connectivity index (χ1v) is 5.25. The Morgan fingerprint density at radius 1 is 1.22 bits per heavy atom. The van der Waals surface area contributed by atoms with E-state index in [9.17, 15) is 26.3 Å². The second-order valence-electron chi connectivity index (χ2n) is 2.99. The largest absolute Gasteiger partial charge is 0.574 e. The first-order valence-electron chi connectivity index (χ1n) is 4.18. The van der Waals surface area contributed by atoms with Crippen molar-refractivity contribution < 1.29 is 36.2 Å². The third-order valence-corrected chi connectivity index (χ3v) is 2.64. The molecular weight excluding hydrogens is 383 g/mol. The molecule has 10 heteroatoms. The first-order chi connectivity index (χ1) is 8.04. The van der Waals surface area contributed by atoms with E-state index in [1.54, 1.807) is 0 Å². The third-order valence-electron chi connectivity index (χ3n) is 1.70. The summed E-state index contributed by atoms with van der Waals surface area (Å²) < 4.78 is 76.3. The molecular formula is C8H4F6INO2. The maximum atomic E-state index is 12.5. The lowest BCUT2D eigenvalue weighted by Gasteiger charge is -2.15. The molecule has 0 saturated heterocycles. The number of nitrogens with zero attached hydrogens (tertiary/aromatic N) is 1. The third kappa shape index (κ3) is 3.86. The van der Waals surface area contributed by atoms with Crippen molar-refractivity contribution in [2.45, 2.75) is 19.1 Å². The standard InChI is InChI=1S/C8H4F6INO2/c9-7(10,11)4-1-3(2-17)5(15)16-6(4)18-8(12,13)14/h1,17H,2H2. The summed E-state index contributed by atoms with van der Waals surface area (Å²) in [5.41, 5.74) is -1.93. The van der Waals surface area contributed by atoms with Crippen LogP contribution in [0.25, 0.3) is 0 Å². The summed E-state index contributed by atoms with van der Waals surface area (Å²) in [5.74, 6) is -1.59. The highest BCUT2D eigenvalue weighted by Gasteiger charge is 2.41. The number of aliphatic hydroxyl groups is 1. The van der Waals surface area contributed by atoms with Gasteiger partial charge in [-0.05, 0) is 28.7 Å². The fourth-order valence-corrected chi connectivity index (χ4v) is 1.56. The monoisotopic (exact) mass is 387 g/mol. The van der Waals surface area contributed by atoms with Gasteiger partial charge in [-0.25, -0.2) is 4.98 Å². The lowest BCUT2D eigenvalue weighted by Crippen LogP contribution is -2.22. The fourth-order valence-electron chi connectivity index (χ4n) is 1.02. The number of pyridine rings is 1. The fraction of sp³-hybridized carbons (Fsp3) is 0.375. The van der Waals surface area contributed by atoms with Gasteiger partial charge in [0.05, 0.1) is 6.61 Å². The summed E-state index contributed by atoms with van der Waals surface area (Å²) in [6, 6.07) is 0.371. The van der Waals surface area contributed by atoms with E-state index in [-0.39, 0.29) is 9.26 Å². The molecule has 0 amide bonds. The summed E-state index contributed by atoms with van der Waals surface area (Å²) in [7, 11) is 0. The Bertz CT molecular complexity index is 444. The molecule has 0 aliphatic heterocycles. The SMILES string of the molecule is OCc1cc(C(F)(F)F)c(OC(F)(F)F)nc1I. The second-order valence-corrected chi connectivity index (χ2v) is 4.02. The van der Waals surface area contributed by atoms with E-state index in [0.29, 0.717) is 6.07 Å². The summed E-state index contributed by atoms with van der Waals surface area (Å²) in [4.78, 5) is 3.06. The average Bonchev–Trinajstić information content (AvgIpc) is 2.13. The molecule has 3 nitrogen and oxygen atoms in total. The van der Waals surface area contributed by atoms with Crippen molar-refractivity contribution in [1.82, 2.24) is 4.98 Å². The van der Waals surface area contributed by atoms with Gasteiger partial charge in [-0.3, -0.25) is 0 Å². The van der Waals surface area contributed by atoms with Gasteiger partial charge in [-0.1, -0.05) is 0 Å². The van der Waals surface area contributed by atoms with Crippen molar-refractivity contribution in [3.8, 4) is 5.88 Å². The number of rotatable bonds is 2. The van der Waals surface area contributed by atoms with E-state index in [4.69, 9.17) is 5.11 Å². The van der Waals surface area contributed by atoms with E-state index in [2.05, 4.69) is 9.72 Å². The number of ether oxygens (including phenoxy) is 1. The summed E-state index contributed by atoms with van der Waals surface area (Å²) in [6.07, 6.45) is -10.3. The number of halogens is 7. The van der Waals surface area contributed by atoms with Crippen LogP contribution in [0.5, 0.6) is 5.88 Å². The second kappa shape index (κ2) is 5.07. The smallest absolute Gasteiger partial charge is 0.392 e. The van der Waals surface area contributed by atoms with Gasteiger partial charge in [0.2, 0.25) is 5.88 Å². The molecule has 1 heterocycles. The summed E-state index contributed by atoms with van der Waals surface area (Å²) in [6.45, 7) is -0.777. The minimum absolute atomic E-state index is 0.206. The Balaban J connectivity index is 3.35. The van der Waals surface area contributed by atoms with Gasteiger partial charge >= 0.3 is 12.5 Å². The Labute approximate surface area is 110 Å². The molecule has 0 bridgehead atoms. The van der Waals surface area contributed by atoms with Crippen LogP contribution in [-0.2, 0) is 12.8 Å². The number of aromatic nitrogens is 1. The molecule has 0 radical (unpaired) electrons. The Hall–Kier alpha value is -0.780. The average molecular weight is 387 g/mol. The minimum atomic E-state index is -5.28. The van der Waals surface area contributed by atoms with Crippen LogP contribution in [0.4, 0.5) is 26.3 Å². The molecule has 0 spiro atoms. The molecule has 1 N–H and O–H groups in total. The van der Waals surface area contributed by atoms with Crippen molar-refractivity contribution >= 4 is 22.6 Å². The lowest BCUT2D eigenvalue weighted by molar-refractivity contribution is -0.278. The molecule has 0 fully saturated rings. The molecule has 1 aromatic rings. The topological polar surface area (TPSA) is 42.4 Å². The van der Waals surface area contributed by atoms with Crippen molar-refractivity contribution in [2.75, 3.05) is 0 Å². The molecule has 0 aliphatic carbocycles. The number of aliphatic hydroxyl groups excluding tert-OH is 1. The maximum Gasteiger partial charge on any atom is 0.574 e. The van der Waals surface area contributed by atoms with Crippen LogP contribution in [0.3, 0.4) is 0 Å². The van der Waals surface area contributed by atoms with Crippen LogP contribution >= 0.6 is 22.6 Å². The Morgan fingerprint density at radius 3 is 2.17 bits per heavy atom.